The molecule has 2 aliphatic heterocycles. The maximum absolute atomic E-state index is 12.5. The SMILES string of the molecule is O=C(NC1CCSC1=O)C1CCN(c2cc(-c3ccccc3)ncn2)CC1. The van der Waals surface area contributed by atoms with Crippen LogP contribution in [0.15, 0.2) is 42.7 Å². The highest BCUT2D eigenvalue weighted by Gasteiger charge is 2.31. The summed E-state index contributed by atoms with van der Waals surface area (Å²) in [6.07, 6.45) is 3.88. The highest BCUT2D eigenvalue weighted by molar-refractivity contribution is 8.14. The summed E-state index contributed by atoms with van der Waals surface area (Å²) in [6.45, 7) is 1.55. The van der Waals surface area contributed by atoms with Gasteiger partial charge in [-0.2, -0.15) is 0 Å². The Kier molecular flexibility index (Phi) is 5.38. The summed E-state index contributed by atoms with van der Waals surface area (Å²) in [4.78, 5) is 35.2. The summed E-state index contributed by atoms with van der Waals surface area (Å²) in [5.74, 6) is 1.68. The summed E-state index contributed by atoms with van der Waals surface area (Å²) >= 11 is 1.32. The lowest BCUT2D eigenvalue weighted by atomic mass is 9.95. The normalized spacial score (nSPS) is 20.7. The van der Waals surface area contributed by atoms with E-state index in [2.05, 4.69) is 20.2 Å². The molecule has 2 aromatic rings. The van der Waals surface area contributed by atoms with Gasteiger partial charge in [0.15, 0.2) is 0 Å². The van der Waals surface area contributed by atoms with E-state index in [1.165, 1.54) is 11.8 Å². The number of nitrogens with one attached hydrogen (secondary N) is 1. The smallest absolute Gasteiger partial charge is 0.223 e. The van der Waals surface area contributed by atoms with Gasteiger partial charge in [0.25, 0.3) is 0 Å². The number of carbonyl (C=O) groups excluding carboxylic acids is 2. The Balaban J connectivity index is 1.36. The molecule has 1 atom stereocenters. The predicted molar refractivity (Wildman–Crippen MR) is 106 cm³/mol. The zero-order valence-electron chi connectivity index (χ0n) is 15.0. The number of amides is 1. The van der Waals surface area contributed by atoms with Crippen LogP contribution in [0.1, 0.15) is 19.3 Å². The molecule has 1 N–H and O–H groups in total. The summed E-state index contributed by atoms with van der Waals surface area (Å²) < 4.78 is 0. The second-order valence-electron chi connectivity index (χ2n) is 6.91. The van der Waals surface area contributed by atoms with E-state index in [9.17, 15) is 9.59 Å². The molecule has 1 amide bonds. The van der Waals surface area contributed by atoms with Crippen molar-refractivity contribution >= 4 is 28.6 Å². The molecular weight excluding hydrogens is 360 g/mol. The molecule has 1 aromatic carbocycles. The predicted octanol–water partition coefficient (Wildman–Crippen LogP) is 2.51. The Labute approximate surface area is 162 Å². The van der Waals surface area contributed by atoms with Crippen LogP contribution in [-0.2, 0) is 9.59 Å². The van der Waals surface area contributed by atoms with Gasteiger partial charge in [0.05, 0.1) is 11.7 Å². The fraction of sp³-hybridized carbons (Fsp3) is 0.400. The van der Waals surface area contributed by atoms with Gasteiger partial charge < -0.3 is 10.2 Å². The van der Waals surface area contributed by atoms with Gasteiger partial charge in [-0.15, -0.1) is 0 Å². The van der Waals surface area contributed by atoms with E-state index in [4.69, 9.17) is 0 Å². The quantitative estimate of drug-likeness (QED) is 0.876. The molecule has 0 saturated carbocycles. The molecule has 0 spiro atoms. The molecule has 2 saturated heterocycles. The third-order valence-electron chi connectivity index (χ3n) is 5.16. The number of anilines is 1. The van der Waals surface area contributed by atoms with Crippen LogP contribution in [0.25, 0.3) is 11.3 Å². The van der Waals surface area contributed by atoms with Gasteiger partial charge in [-0.3, -0.25) is 9.59 Å². The van der Waals surface area contributed by atoms with Crippen molar-refractivity contribution in [2.24, 2.45) is 5.92 Å². The lowest BCUT2D eigenvalue weighted by Gasteiger charge is -2.32. The molecule has 7 heteroatoms. The Morgan fingerprint density at radius 1 is 1.11 bits per heavy atom. The highest BCUT2D eigenvalue weighted by Crippen LogP contribution is 2.26. The van der Waals surface area contributed by atoms with Crippen LogP contribution in [0.2, 0.25) is 0 Å². The van der Waals surface area contributed by atoms with E-state index in [-0.39, 0.29) is 23.0 Å². The lowest BCUT2D eigenvalue weighted by Crippen LogP contribution is -2.45. The third-order valence-corrected chi connectivity index (χ3v) is 6.17. The van der Waals surface area contributed by atoms with Gasteiger partial charge in [-0.1, -0.05) is 42.1 Å². The molecule has 4 rings (SSSR count). The Morgan fingerprint density at radius 2 is 1.89 bits per heavy atom. The van der Waals surface area contributed by atoms with E-state index in [1.54, 1.807) is 6.33 Å². The number of rotatable bonds is 4. The van der Waals surface area contributed by atoms with Gasteiger partial charge in [-0.05, 0) is 19.3 Å². The first-order valence-corrected chi connectivity index (χ1v) is 10.3. The minimum atomic E-state index is -0.296. The Bertz CT molecular complexity index is 822. The molecule has 2 fully saturated rings. The van der Waals surface area contributed by atoms with Gasteiger partial charge in [0.2, 0.25) is 11.0 Å². The number of carbonyl (C=O) groups is 2. The van der Waals surface area contributed by atoms with Crippen LogP contribution in [0.5, 0.6) is 0 Å². The van der Waals surface area contributed by atoms with Crippen LogP contribution in [0, 0.1) is 5.92 Å². The molecule has 0 aliphatic carbocycles. The fourth-order valence-corrected chi connectivity index (χ4v) is 4.51. The molecule has 0 bridgehead atoms. The zero-order valence-corrected chi connectivity index (χ0v) is 15.8. The van der Waals surface area contributed by atoms with Crippen molar-refractivity contribution in [1.29, 1.82) is 0 Å². The van der Waals surface area contributed by atoms with E-state index in [0.717, 1.165) is 55.2 Å². The second kappa shape index (κ2) is 8.08. The van der Waals surface area contributed by atoms with Crippen LogP contribution in [0.3, 0.4) is 0 Å². The van der Waals surface area contributed by atoms with E-state index < -0.39 is 0 Å². The largest absolute Gasteiger partial charge is 0.356 e. The molecule has 6 nitrogen and oxygen atoms in total. The standard InChI is InChI=1S/C20H22N4O2S/c25-19(23-16-8-11-27-20(16)26)15-6-9-24(10-7-15)18-12-17(21-13-22-18)14-4-2-1-3-5-14/h1-5,12-13,15-16H,6-11H2,(H,23,25). The van der Waals surface area contributed by atoms with E-state index >= 15 is 0 Å². The second-order valence-corrected chi connectivity index (χ2v) is 8.01. The number of benzene rings is 1. The van der Waals surface area contributed by atoms with Crippen molar-refractivity contribution in [3.05, 3.63) is 42.7 Å². The number of piperidine rings is 1. The van der Waals surface area contributed by atoms with Crippen molar-refractivity contribution in [2.45, 2.75) is 25.3 Å². The van der Waals surface area contributed by atoms with Crippen molar-refractivity contribution in [3.63, 3.8) is 0 Å². The average molecular weight is 382 g/mol. The van der Waals surface area contributed by atoms with Crippen LogP contribution >= 0.6 is 11.8 Å². The molecule has 140 valence electrons. The molecule has 1 unspecified atom stereocenters. The first-order valence-electron chi connectivity index (χ1n) is 9.30. The average Bonchev–Trinajstić information content (AvgIpc) is 3.13. The molecule has 0 radical (unpaired) electrons. The van der Waals surface area contributed by atoms with Crippen molar-refractivity contribution in [1.82, 2.24) is 15.3 Å². The van der Waals surface area contributed by atoms with Crippen molar-refractivity contribution < 1.29 is 9.59 Å². The van der Waals surface area contributed by atoms with E-state index in [1.807, 2.05) is 36.4 Å². The van der Waals surface area contributed by atoms with Gasteiger partial charge in [0, 0.05) is 36.4 Å². The molecule has 3 heterocycles. The number of aromatic nitrogens is 2. The van der Waals surface area contributed by atoms with Gasteiger partial charge >= 0.3 is 0 Å². The number of hydrogen-bond acceptors (Lipinski definition) is 6. The summed E-state index contributed by atoms with van der Waals surface area (Å²) in [5.41, 5.74) is 1.97. The van der Waals surface area contributed by atoms with E-state index in [0.29, 0.717) is 0 Å². The molecule has 27 heavy (non-hydrogen) atoms. The lowest BCUT2D eigenvalue weighted by molar-refractivity contribution is -0.128. The minimum absolute atomic E-state index is 0.0168. The first kappa shape index (κ1) is 18.0. The van der Waals surface area contributed by atoms with Crippen molar-refractivity contribution in [2.75, 3.05) is 23.7 Å². The van der Waals surface area contributed by atoms with Crippen LogP contribution in [0.4, 0.5) is 5.82 Å². The number of hydrogen-bond donors (Lipinski definition) is 1. The Morgan fingerprint density at radius 3 is 2.59 bits per heavy atom. The number of nitrogens with zero attached hydrogens (tertiary/aromatic N) is 3. The van der Waals surface area contributed by atoms with Crippen LogP contribution in [-0.4, -0.2) is 45.9 Å². The Hall–Kier alpha value is -2.41. The van der Waals surface area contributed by atoms with Gasteiger partial charge in [0.1, 0.15) is 12.1 Å². The maximum Gasteiger partial charge on any atom is 0.223 e. The maximum atomic E-state index is 12.5. The highest BCUT2D eigenvalue weighted by atomic mass is 32.2. The van der Waals surface area contributed by atoms with Crippen LogP contribution < -0.4 is 10.2 Å². The summed E-state index contributed by atoms with van der Waals surface area (Å²) in [6, 6.07) is 11.7. The monoisotopic (exact) mass is 382 g/mol. The molecule has 1 aromatic heterocycles. The van der Waals surface area contributed by atoms with Crippen molar-refractivity contribution in [3.8, 4) is 11.3 Å². The number of thioether (sulfide) groups is 1. The zero-order chi connectivity index (χ0) is 18.6. The third kappa shape index (κ3) is 4.13. The molecular formula is C20H22N4O2S. The minimum Gasteiger partial charge on any atom is -0.356 e. The summed E-state index contributed by atoms with van der Waals surface area (Å²) in [5, 5.41) is 3.02. The fourth-order valence-electron chi connectivity index (χ4n) is 3.57. The first-order chi connectivity index (χ1) is 13.2. The summed E-state index contributed by atoms with van der Waals surface area (Å²) in [7, 11) is 0. The molecule has 2 aliphatic rings. The topological polar surface area (TPSA) is 75.2 Å². The van der Waals surface area contributed by atoms with Gasteiger partial charge in [-0.25, -0.2) is 9.97 Å².